The predicted molar refractivity (Wildman–Crippen MR) is 96.2 cm³/mol. The number of esters is 1. The van der Waals surface area contributed by atoms with Crippen LogP contribution in [0.3, 0.4) is 0 Å². The largest absolute Gasteiger partial charge is 0.494 e. The Morgan fingerprint density at radius 2 is 1.52 bits per heavy atom. The SMILES string of the molecule is CCOc1ccc(C(=O)COC(=O)c2ccc3ccccc3c2)cc1. The van der Waals surface area contributed by atoms with Crippen LogP contribution in [-0.2, 0) is 4.74 Å². The lowest BCUT2D eigenvalue weighted by Crippen LogP contribution is -2.14. The minimum absolute atomic E-state index is 0.253. The molecule has 0 unspecified atom stereocenters. The van der Waals surface area contributed by atoms with Gasteiger partial charge in [0.15, 0.2) is 12.4 Å². The average molecular weight is 334 g/mol. The van der Waals surface area contributed by atoms with Crippen LogP contribution in [0.25, 0.3) is 10.8 Å². The summed E-state index contributed by atoms with van der Waals surface area (Å²) in [5.41, 5.74) is 0.910. The molecule has 0 aromatic heterocycles. The molecule has 0 aliphatic heterocycles. The van der Waals surface area contributed by atoms with Crippen molar-refractivity contribution in [1.82, 2.24) is 0 Å². The van der Waals surface area contributed by atoms with Crippen LogP contribution in [0.1, 0.15) is 27.6 Å². The minimum atomic E-state index is -0.509. The van der Waals surface area contributed by atoms with Crippen molar-refractivity contribution in [2.75, 3.05) is 13.2 Å². The van der Waals surface area contributed by atoms with Gasteiger partial charge in [0.05, 0.1) is 12.2 Å². The number of hydrogen-bond acceptors (Lipinski definition) is 4. The van der Waals surface area contributed by atoms with Crippen molar-refractivity contribution >= 4 is 22.5 Å². The predicted octanol–water partition coefficient (Wildman–Crippen LogP) is 4.28. The fraction of sp³-hybridized carbons (Fsp3) is 0.143. The third-order valence-corrected chi connectivity index (χ3v) is 3.81. The van der Waals surface area contributed by atoms with E-state index in [0.717, 1.165) is 10.8 Å². The number of fused-ring (bicyclic) bond motifs is 1. The molecular weight excluding hydrogens is 316 g/mol. The number of ether oxygens (including phenoxy) is 2. The van der Waals surface area contributed by atoms with Crippen molar-refractivity contribution < 1.29 is 19.1 Å². The van der Waals surface area contributed by atoms with Crippen molar-refractivity contribution in [3.05, 3.63) is 77.9 Å². The van der Waals surface area contributed by atoms with Gasteiger partial charge in [-0.2, -0.15) is 0 Å². The summed E-state index contributed by atoms with van der Waals surface area (Å²) in [6, 6.07) is 19.9. The summed E-state index contributed by atoms with van der Waals surface area (Å²) in [5, 5.41) is 2.00. The molecule has 0 N–H and O–H groups in total. The normalized spacial score (nSPS) is 10.4. The molecular formula is C21H18O4. The molecule has 0 atom stereocenters. The molecule has 25 heavy (non-hydrogen) atoms. The molecule has 3 aromatic rings. The standard InChI is InChI=1S/C21H18O4/c1-2-24-19-11-9-16(10-12-19)20(22)14-25-21(23)18-8-7-15-5-3-4-6-17(15)13-18/h3-13H,2,14H2,1H3. The molecule has 0 saturated heterocycles. The Hall–Kier alpha value is -3.14. The second kappa shape index (κ2) is 7.62. The molecule has 0 bridgehead atoms. The quantitative estimate of drug-likeness (QED) is 0.499. The molecule has 4 heteroatoms. The Morgan fingerprint density at radius 1 is 0.840 bits per heavy atom. The van der Waals surface area contributed by atoms with E-state index in [0.29, 0.717) is 23.5 Å². The van der Waals surface area contributed by atoms with Crippen LogP contribution in [0.5, 0.6) is 5.75 Å². The van der Waals surface area contributed by atoms with Gasteiger partial charge in [0.25, 0.3) is 0 Å². The van der Waals surface area contributed by atoms with Crippen molar-refractivity contribution in [2.24, 2.45) is 0 Å². The summed E-state index contributed by atoms with van der Waals surface area (Å²) in [6.07, 6.45) is 0. The smallest absolute Gasteiger partial charge is 0.338 e. The van der Waals surface area contributed by atoms with Gasteiger partial charge in [-0.25, -0.2) is 4.79 Å². The minimum Gasteiger partial charge on any atom is -0.494 e. The third-order valence-electron chi connectivity index (χ3n) is 3.81. The molecule has 0 aliphatic rings. The van der Waals surface area contributed by atoms with Gasteiger partial charge in [0.1, 0.15) is 5.75 Å². The fourth-order valence-electron chi connectivity index (χ4n) is 2.52. The van der Waals surface area contributed by atoms with E-state index in [4.69, 9.17) is 9.47 Å². The zero-order valence-corrected chi connectivity index (χ0v) is 13.9. The molecule has 0 radical (unpaired) electrons. The number of ketones is 1. The van der Waals surface area contributed by atoms with E-state index in [-0.39, 0.29) is 12.4 Å². The summed E-state index contributed by atoms with van der Waals surface area (Å²) in [6.45, 7) is 2.17. The first-order chi connectivity index (χ1) is 12.2. The highest BCUT2D eigenvalue weighted by atomic mass is 16.5. The van der Waals surface area contributed by atoms with E-state index >= 15 is 0 Å². The molecule has 0 aliphatic carbocycles. The maximum atomic E-state index is 12.2. The van der Waals surface area contributed by atoms with Crippen molar-refractivity contribution in [2.45, 2.75) is 6.92 Å². The van der Waals surface area contributed by atoms with Crippen LogP contribution in [0, 0.1) is 0 Å². The van der Waals surface area contributed by atoms with E-state index in [1.165, 1.54) is 0 Å². The second-order valence-electron chi connectivity index (χ2n) is 5.52. The van der Waals surface area contributed by atoms with Gasteiger partial charge < -0.3 is 9.47 Å². The van der Waals surface area contributed by atoms with Gasteiger partial charge in [0, 0.05) is 5.56 Å². The zero-order chi connectivity index (χ0) is 17.6. The highest BCUT2D eigenvalue weighted by Gasteiger charge is 2.12. The maximum absolute atomic E-state index is 12.2. The Bertz CT molecular complexity index is 897. The van der Waals surface area contributed by atoms with Crippen LogP contribution < -0.4 is 4.74 Å². The highest BCUT2D eigenvalue weighted by Crippen LogP contribution is 2.17. The number of benzene rings is 3. The Labute approximate surface area is 146 Å². The number of carbonyl (C=O) groups is 2. The monoisotopic (exact) mass is 334 g/mol. The number of rotatable bonds is 6. The molecule has 4 nitrogen and oxygen atoms in total. The van der Waals surface area contributed by atoms with Gasteiger partial charge in [-0.3, -0.25) is 4.79 Å². The third kappa shape index (κ3) is 4.04. The molecule has 0 spiro atoms. The summed E-state index contributed by atoms with van der Waals surface area (Å²) >= 11 is 0. The summed E-state index contributed by atoms with van der Waals surface area (Å²) in [5.74, 6) is -0.0607. The van der Waals surface area contributed by atoms with Crippen molar-refractivity contribution in [3.8, 4) is 5.75 Å². The van der Waals surface area contributed by atoms with E-state index in [2.05, 4.69) is 0 Å². The first kappa shape index (κ1) is 16.7. The van der Waals surface area contributed by atoms with E-state index < -0.39 is 5.97 Å². The van der Waals surface area contributed by atoms with Crippen LogP contribution in [0.4, 0.5) is 0 Å². The molecule has 0 saturated carbocycles. The lowest BCUT2D eigenvalue weighted by atomic mass is 10.1. The lowest BCUT2D eigenvalue weighted by Gasteiger charge is -2.07. The second-order valence-corrected chi connectivity index (χ2v) is 5.52. The van der Waals surface area contributed by atoms with Gasteiger partial charge in [-0.15, -0.1) is 0 Å². The maximum Gasteiger partial charge on any atom is 0.338 e. The van der Waals surface area contributed by atoms with Crippen LogP contribution >= 0.6 is 0 Å². The summed E-state index contributed by atoms with van der Waals surface area (Å²) in [4.78, 5) is 24.3. The van der Waals surface area contributed by atoms with Crippen LogP contribution in [0.15, 0.2) is 66.7 Å². The summed E-state index contributed by atoms with van der Waals surface area (Å²) in [7, 11) is 0. The Kier molecular flexibility index (Phi) is 5.09. The number of Topliss-reactive ketones (excluding diaryl/α,β-unsaturated/α-hetero) is 1. The van der Waals surface area contributed by atoms with E-state index in [1.54, 1.807) is 36.4 Å². The Balaban J connectivity index is 1.63. The first-order valence-electron chi connectivity index (χ1n) is 8.09. The first-order valence-corrected chi connectivity index (χ1v) is 8.09. The molecule has 0 fully saturated rings. The highest BCUT2D eigenvalue weighted by molar-refractivity contribution is 6.00. The number of hydrogen-bond donors (Lipinski definition) is 0. The lowest BCUT2D eigenvalue weighted by molar-refractivity contribution is 0.0475. The van der Waals surface area contributed by atoms with E-state index in [9.17, 15) is 9.59 Å². The van der Waals surface area contributed by atoms with Gasteiger partial charge in [-0.1, -0.05) is 30.3 Å². The average Bonchev–Trinajstić information content (AvgIpc) is 2.66. The molecule has 126 valence electrons. The molecule has 3 rings (SSSR count). The topological polar surface area (TPSA) is 52.6 Å². The zero-order valence-electron chi connectivity index (χ0n) is 13.9. The summed E-state index contributed by atoms with van der Waals surface area (Å²) < 4.78 is 10.5. The fourth-order valence-corrected chi connectivity index (χ4v) is 2.52. The number of carbonyl (C=O) groups excluding carboxylic acids is 2. The van der Waals surface area contributed by atoms with Gasteiger partial charge >= 0.3 is 5.97 Å². The molecule has 0 amide bonds. The van der Waals surface area contributed by atoms with Crippen LogP contribution in [0.2, 0.25) is 0 Å². The van der Waals surface area contributed by atoms with Crippen LogP contribution in [-0.4, -0.2) is 25.0 Å². The molecule has 0 heterocycles. The van der Waals surface area contributed by atoms with Gasteiger partial charge in [0.2, 0.25) is 0 Å². The van der Waals surface area contributed by atoms with Gasteiger partial charge in [-0.05, 0) is 54.1 Å². The molecule has 3 aromatic carbocycles. The van der Waals surface area contributed by atoms with Crippen molar-refractivity contribution in [3.63, 3.8) is 0 Å². The Morgan fingerprint density at radius 3 is 2.24 bits per heavy atom. The van der Waals surface area contributed by atoms with Crippen molar-refractivity contribution in [1.29, 1.82) is 0 Å². The van der Waals surface area contributed by atoms with E-state index in [1.807, 2.05) is 37.3 Å².